The van der Waals surface area contributed by atoms with E-state index in [1.807, 2.05) is 0 Å². The molecular weight excluding hydrogens is 483 g/mol. The van der Waals surface area contributed by atoms with Crippen LogP contribution in [0.4, 0.5) is 4.39 Å². The molecule has 182 valence electrons. The molecule has 0 saturated carbocycles. The monoisotopic (exact) mass is 508 g/mol. The molecule has 2 heterocycles. The maximum atomic E-state index is 13.4. The predicted molar refractivity (Wildman–Crippen MR) is 122 cm³/mol. The standard InChI is InChI=1S/C23H25FN2O6S2/c24-19-7-5-18(6-8-19)16-26(17-21-4-2-14-32-21)34(29,30)23-11-9-22(10-12-23)33(27,28)25-15-20-3-1-13-31-20/h2,4-12,14,20,25H,1,3,13,15-17H2/t20-/m1/s1. The second-order valence-electron chi connectivity index (χ2n) is 7.94. The summed E-state index contributed by atoms with van der Waals surface area (Å²) in [5, 5.41) is 0. The van der Waals surface area contributed by atoms with Gasteiger partial charge in [0.25, 0.3) is 0 Å². The Balaban J connectivity index is 1.54. The highest BCUT2D eigenvalue weighted by molar-refractivity contribution is 7.89. The first-order valence-corrected chi connectivity index (χ1v) is 13.6. The molecule has 1 aliphatic rings. The zero-order valence-corrected chi connectivity index (χ0v) is 19.9. The molecule has 1 fully saturated rings. The molecule has 1 aromatic heterocycles. The van der Waals surface area contributed by atoms with Crippen LogP contribution in [0.15, 0.2) is 81.1 Å². The summed E-state index contributed by atoms with van der Waals surface area (Å²) in [5.41, 5.74) is 0.592. The van der Waals surface area contributed by atoms with Gasteiger partial charge in [-0.1, -0.05) is 12.1 Å². The van der Waals surface area contributed by atoms with Crippen LogP contribution in [0.25, 0.3) is 0 Å². The molecule has 2 aromatic carbocycles. The maximum absolute atomic E-state index is 13.4. The number of rotatable bonds is 10. The summed E-state index contributed by atoms with van der Waals surface area (Å²) in [6.45, 7) is 0.713. The molecule has 0 amide bonds. The Morgan fingerprint density at radius 3 is 2.26 bits per heavy atom. The van der Waals surface area contributed by atoms with E-state index < -0.39 is 25.9 Å². The smallest absolute Gasteiger partial charge is 0.243 e. The van der Waals surface area contributed by atoms with Crippen LogP contribution in [0.3, 0.4) is 0 Å². The quantitative estimate of drug-likeness (QED) is 0.451. The molecule has 1 saturated heterocycles. The Kier molecular flexibility index (Phi) is 7.48. The first-order valence-electron chi connectivity index (χ1n) is 10.7. The van der Waals surface area contributed by atoms with Gasteiger partial charge in [-0.2, -0.15) is 4.31 Å². The van der Waals surface area contributed by atoms with Crippen LogP contribution in [-0.2, 0) is 37.9 Å². The van der Waals surface area contributed by atoms with Crippen molar-refractivity contribution < 1.29 is 30.4 Å². The first-order chi connectivity index (χ1) is 16.2. The summed E-state index contributed by atoms with van der Waals surface area (Å²) >= 11 is 0. The SMILES string of the molecule is O=S(=O)(NC[C@H]1CCCO1)c1ccc(S(=O)(=O)N(Cc2ccc(F)cc2)Cc2ccco2)cc1. The van der Waals surface area contributed by atoms with Gasteiger partial charge in [0.1, 0.15) is 11.6 Å². The highest BCUT2D eigenvalue weighted by Crippen LogP contribution is 2.23. The molecule has 1 N–H and O–H groups in total. The van der Waals surface area contributed by atoms with E-state index in [4.69, 9.17) is 9.15 Å². The molecule has 1 atom stereocenters. The van der Waals surface area contributed by atoms with Gasteiger partial charge in [0.05, 0.1) is 28.7 Å². The number of nitrogens with one attached hydrogen (secondary N) is 1. The maximum Gasteiger partial charge on any atom is 0.243 e. The highest BCUT2D eigenvalue weighted by atomic mass is 32.2. The van der Waals surface area contributed by atoms with Crippen molar-refractivity contribution in [1.29, 1.82) is 0 Å². The lowest BCUT2D eigenvalue weighted by molar-refractivity contribution is 0.114. The van der Waals surface area contributed by atoms with Crippen LogP contribution in [-0.4, -0.2) is 40.4 Å². The van der Waals surface area contributed by atoms with Crippen LogP contribution in [0.5, 0.6) is 0 Å². The van der Waals surface area contributed by atoms with Crippen LogP contribution in [0.2, 0.25) is 0 Å². The molecule has 8 nitrogen and oxygen atoms in total. The average molecular weight is 509 g/mol. The van der Waals surface area contributed by atoms with Gasteiger partial charge in [0.2, 0.25) is 20.0 Å². The number of halogens is 1. The van der Waals surface area contributed by atoms with Crippen LogP contribution in [0, 0.1) is 5.82 Å². The molecule has 0 radical (unpaired) electrons. The second kappa shape index (κ2) is 10.4. The van der Waals surface area contributed by atoms with Crippen molar-refractivity contribution in [3.05, 3.63) is 84.1 Å². The Labute approximate surface area is 198 Å². The van der Waals surface area contributed by atoms with E-state index in [9.17, 15) is 21.2 Å². The second-order valence-corrected chi connectivity index (χ2v) is 11.6. The van der Waals surface area contributed by atoms with Gasteiger partial charge in [-0.05, 0) is 66.9 Å². The number of sulfonamides is 2. The zero-order valence-electron chi connectivity index (χ0n) is 18.3. The molecule has 1 aliphatic heterocycles. The number of benzene rings is 2. The van der Waals surface area contributed by atoms with Gasteiger partial charge < -0.3 is 9.15 Å². The fraction of sp³-hybridized carbons (Fsp3) is 0.304. The summed E-state index contributed by atoms with van der Waals surface area (Å²) in [6, 6.07) is 13.9. The third-order valence-electron chi connectivity index (χ3n) is 5.48. The van der Waals surface area contributed by atoms with Crippen molar-refractivity contribution in [2.24, 2.45) is 0 Å². The summed E-state index contributed by atoms with van der Waals surface area (Å²) in [5.74, 6) is 0.0114. The van der Waals surface area contributed by atoms with Crippen molar-refractivity contribution in [2.45, 2.75) is 41.8 Å². The van der Waals surface area contributed by atoms with E-state index in [0.29, 0.717) is 17.9 Å². The minimum absolute atomic E-state index is 0.0215. The van der Waals surface area contributed by atoms with Crippen molar-refractivity contribution in [3.8, 4) is 0 Å². The summed E-state index contributed by atoms with van der Waals surface area (Å²) in [4.78, 5) is -0.111. The van der Waals surface area contributed by atoms with E-state index in [2.05, 4.69) is 4.72 Å². The van der Waals surface area contributed by atoms with Crippen molar-refractivity contribution in [3.63, 3.8) is 0 Å². The molecule has 0 bridgehead atoms. The predicted octanol–water partition coefficient (Wildman–Crippen LogP) is 3.27. The Morgan fingerprint density at radius 1 is 0.941 bits per heavy atom. The van der Waals surface area contributed by atoms with Crippen LogP contribution in [0.1, 0.15) is 24.2 Å². The van der Waals surface area contributed by atoms with Gasteiger partial charge in [0, 0.05) is 19.7 Å². The summed E-state index contributed by atoms with van der Waals surface area (Å²) in [7, 11) is -7.84. The van der Waals surface area contributed by atoms with Crippen LogP contribution < -0.4 is 4.72 Å². The zero-order chi connectivity index (χ0) is 24.2. The number of nitrogens with zero attached hydrogens (tertiary/aromatic N) is 1. The molecule has 0 spiro atoms. The van der Waals surface area contributed by atoms with Crippen molar-refractivity contribution in [1.82, 2.24) is 9.03 Å². The minimum Gasteiger partial charge on any atom is -0.468 e. The highest BCUT2D eigenvalue weighted by Gasteiger charge is 2.27. The third-order valence-corrected chi connectivity index (χ3v) is 8.73. The lowest BCUT2D eigenvalue weighted by Gasteiger charge is -2.21. The fourth-order valence-corrected chi connectivity index (χ4v) is 6.09. The molecule has 3 aromatic rings. The van der Waals surface area contributed by atoms with Crippen molar-refractivity contribution >= 4 is 20.0 Å². The average Bonchev–Trinajstić information content (AvgIpc) is 3.53. The minimum atomic E-state index is -4.03. The van der Waals surface area contributed by atoms with Crippen LogP contribution >= 0.6 is 0 Å². The van der Waals surface area contributed by atoms with Gasteiger partial charge >= 0.3 is 0 Å². The molecular formula is C23H25FN2O6S2. The number of hydrogen-bond donors (Lipinski definition) is 1. The molecule has 34 heavy (non-hydrogen) atoms. The Morgan fingerprint density at radius 2 is 1.65 bits per heavy atom. The molecule has 4 rings (SSSR count). The molecule has 0 aliphatic carbocycles. The lowest BCUT2D eigenvalue weighted by atomic mass is 10.2. The summed E-state index contributed by atoms with van der Waals surface area (Å²) < 4.78 is 79.8. The van der Waals surface area contributed by atoms with E-state index in [-0.39, 0.29) is 35.5 Å². The van der Waals surface area contributed by atoms with Crippen molar-refractivity contribution in [2.75, 3.05) is 13.2 Å². The van der Waals surface area contributed by atoms with Gasteiger partial charge in [0.15, 0.2) is 0 Å². The number of furan rings is 1. The third kappa shape index (κ3) is 5.91. The molecule has 11 heteroatoms. The van der Waals surface area contributed by atoms with Gasteiger partial charge in [-0.3, -0.25) is 0 Å². The fourth-order valence-electron chi connectivity index (χ4n) is 3.63. The van der Waals surface area contributed by atoms with E-state index >= 15 is 0 Å². The molecule has 0 unspecified atom stereocenters. The first kappa shape index (κ1) is 24.6. The van der Waals surface area contributed by atoms with E-state index in [1.165, 1.54) is 59.1 Å². The van der Waals surface area contributed by atoms with E-state index in [1.54, 1.807) is 12.1 Å². The van der Waals surface area contributed by atoms with Gasteiger partial charge in [-0.15, -0.1) is 0 Å². The van der Waals surface area contributed by atoms with E-state index in [0.717, 1.165) is 12.8 Å². The summed E-state index contributed by atoms with van der Waals surface area (Å²) in [6.07, 6.45) is 2.97. The normalized spacial score (nSPS) is 16.8. The number of hydrogen-bond acceptors (Lipinski definition) is 6. The topological polar surface area (TPSA) is 106 Å². The number of ether oxygens (including phenoxy) is 1. The Bertz CT molecular complexity index is 1290. The largest absolute Gasteiger partial charge is 0.468 e. The Hall–Kier alpha value is -2.57. The van der Waals surface area contributed by atoms with Gasteiger partial charge in [-0.25, -0.2) is 25.9 Å². The lowest BCUT2D eigenvalue weighted by Crippen LogP contribution is -2.32.